The average molecular weight is 300 g/mol. The zero-order chi connectivity index (χ0) is 16.1. The molecule has 2 aromatic rings. The fraction of sp³-hybridized carbons (Fsp3) is 0.312. The van der Waals surface area contributed by atoms with Crippen molar-refractivity contribution >= 4 is 17.7 Å². The summed E-state index contributed by atoms with van der Waals surface area (Å²) < 4.78 is 4.86. The molecule has 3 N–H and O–H groups in total. The predicted octanol–water partition coefficient (Wildman–Crippen LogP) is 2.32. The molecule has 0 amide bonds. The van der Waals surface area contributed by atoms with Gasteiger partial charge in [-0.05, 0) is 26.0 Å². The van der Waals surface area contributed by atoms with Crippen LogP contribution >= 0.6 is 0 Å². The Bertz CT molecular complexity index is 666. The number of nitrogens with two attached hydrogens (primary N) is 1. The third-order valence-corrected chi connectivity index (χ3v) is 2.97. The average Bonchev–Trinajstić information content (AvgIpc) is 2.42. The van der Waals surface area contributed by atoms with Crippen LogP contribution in [0.15, 0.2) is 24.3 Å². The summed E-state index contributed by atoms with van der Waals surface area (Å²) in [6.45, 7) is 6.19. The Morgan fingerprint density at radius 2 is 1.86 bits per heavy atom. The molecule has 2 rings (SSSR count). The van der Waals surface area contributed by atoms with E-state index in [4.69, 9.17) is 10.5 Å². The summed E-state index contributed by atoms with van der Waals surface area (Å²) in [5.74, 6) is 0.500. The minimum atomic E-state index is -0.306. The second-order valence-electron chi connectivity index (χ2n) is 5.14. The first-order valence-corrected chi connectivity index (χ1v) is 7.04. The van der Waals surface area contributed by atoms with Gasteiger partial charge in [-0.1, -0.05) is 17.2 Å². The minimum absolute atomic E-state index is 0.201. The lowest BCUT2D eigenvalue weighted by atomic mass is 10.0. The van der Waals surface area contributed by atoms with Crippen LogP contribution in [0.1, 0.15) is 18.1 Å². The largest absolute Gasteiger partial charge is 0.464 e. The van der Waals surface area contributed by atoms with E-state index >= 15 is 0 Å². The number of anilines is 2. The molecular weight excluding hydrogens is 280 g/mol. The van der Waals surface area contributed by atoms with E-state index in [0.717, 1.165) is 22.4 Å². The molecule has 0 saturated carbocycles. The lowest BCUT2D eigenvalue weighted by molar-refractivity contribution is -0.140. The number of hydrogen-bond donors (Lipinski definition) is 2. The zero-order valence-corrected chi connectivity index (χ0v) is 13.0. The smallest absolute Gasteiger partial charge is 0.302 e. The van der Waals surface area contributed by atoms with Gasteiger partial charge in [0.05, 0.1) is 12.2 Å². The number of carbonyl (C=O) groups is 1. The zero-order valence-electron chi connectivity index (χ0n) is 13.0. The number of aromatic nitrogens is 2. The molecule has 0 aliphatic carbocycles. The van der Waals surface area contributed by atoms with Crippen molar-refractivity contribution in [2.24, 2.45) is 0 Å². The van der Waals surface area contributed by atoms with Crippen molar-refractivity contribution in [2.45, 2.75) is 20.8 Å². The van der Waals surface area contributed by atoms with Crippen molar-refractivity contribution < 1.29 is 9.53 Å². The highest BCUT2D eigenvalue weighted by atomic mass is 16.5. The maximum absolute atomic E-state index is 10.7. The highest BCUT2D eigenvalue weighted by Crippen LogP contribution is 2.23. The lowest BCUT2D eigenvalue weighted by Crippen LogP contribution is -2.13. The Kier molecular flexibility index (Phi) is 4.93. The SMILES string of the molecule is CC(=O)OCCNc1cc(-c2cc(C)cc(C)c2)nc(N)n1. The molecule has 1 aromatic carbocycles. The van der Waals surface area contributed by atoms with Gasteiger partial charge in [0.1, 0.15) is 12.4 Å². The molecule has 6 heteroatoms. The number of aryl methyl sites for hydroxylation is 2. The van der Waals surface area contributed by atoms with E-state index in [-0.39, 0.29) is 18.5 Å². The first-order chi connectivity index (χ1) is 10.4. The van der Waals surface area contributed by atoms with Crippen LogP contribution < -0.4 is 11.1 Å². The molecule has 22 heavy (non-hydrogen) atoms. The number of nitrogens with zero attached hydrogens (tertiary/aromatic N) is 2. The first kappa shape index (κ1) is 15.8. The van der Waals surface area contributed by atoms with Crippen molar-refractivity contribution in [2.75, 3.05) is 24.2 Å². The van der Waals surface area contributed by atoms with Crippen LogP contribution in [-0.4, -0.2) is 29.1 Å². The molecule has 0 aliphatic rings. The van der Waals surface area contributed by atoms with Gasteiger partial charge in [-0.2, -0.15) is 4.98 Å². The van der Waals surface area contributed by atoms with Crippen LogP contribution in [0.4, 0.5) is 11.8 Å². The third-order valence-electron chi connectivity index (χ3n) is 2.97. The van der Waals surface area contributed by atoms with Crippen LogP contribution in [0.5, 0.6) is 0 Å². The van der Waals surface area contributed by atoms with E-state index in [1.54, 1.807) is 0 Å². The van der Waals surface area contributed by atoms with Gasteiger partial charge in [0.15, 0.2) is 0 Å². The Labute approximate surface area is 129 Å². The molecule has 0 fully saturated rings. The molecule has 0 unspecified atom stereocenters. The quantitative estimate of drug-likeness (QED) is 0.650. The van der Waals surface area contributed by atoms with E-state index < -0.39 is 0 Å². The molecule has 116 valence electrons. The Morgan fingerprint density at radius 1 is 1.18 bits per heavy atom. The van der Waals surface area contributed by atoms with E-state index in [2.05, 4.69) is 33.5 Å². The van der Waals surface area contributed by atoms with Crippen LogP contribution in [0, 0.1) is 13.8 Å². The maximum atomic E-state index is 10.7. The molecule has 1 heterocycles. The molecule has 0 aliphatic heterocycles. The van der Waals surface area contributed by atoms with E-state index in [1.165, 1.54) is 6.92 Å². The minimum Gasteiger partial charge on any atom is -0.464 e. The van der Waals surface area contributed by atoms with Crippen molar-refractivity contribution in [3.8, 4) is 11.3 Å². The Hall–Kier alpha value is -2.63. The number of benzene rings is 1. The van der Waals surface area contributed by atoms with Gasteiger partial charge in [-0.3, -0.25) is 4.79 Å². The molecule has 1 aromatic heterocycles. The molecule has 0 atom stereocenters. The Morgan fingerprint density at radius 3 is 2.50 bits per heavy atom. The number of carbonyl (C=O) groups excluding carboxylic acids is 1. The summed E-state index contributed by atoms with van der Waals surface area (Å²) in [4.78, 5) is 19.1. The number of nitrogens with one attached hydrogen (secondary N) is 1. The number of hydrogen-bond acceptors (Lipinski definition) is 6. The number of nitrogen functional groups attached to an aromatic ring is 1. The first-order valence-electron chi connectivity index (χ1n) is 7.04. The summed E-state index contributed by atoms with van der Waals surface area (Å²) >= 11 is 0. The molecule has 0 spiro atoms. The summed E-state index contributed by atoms with van der Waals surface area (Å²) in [6, 6.07) is 8.04. The molecule has 0 radical (unpaired) electrons. The summed E-state index contributed by atoms with van der Waals surface area (Å²) in [7, 11) is 0. The van der Waals surface area contributed by atoms with Crippen molar-refractivity contribution in [1.29, 1.82) is 0 Å². The van der Waals surface area contributed by atoms with Crippen LogP contribution in [0.25, 0.3) is 11.3 Å². The molecule has 0 saturated heterocycles. The second kappa shape index (κ2) is 6.89. The van der Waals surface area contributed by atoms with Crippen molar-refractivity contribution in [3.05, 3.63) is 35.4 Å². The van der Waals surface area contributed by atoms with Gasteiger partial charge in [0.25, 0.3) is 0 Å². The van der Waals surface area contributed by atoms with Crippen molar-refractivity contribution in [3.63, 3.8) is 0 Å². The lowest BCUT2D eigenvalue weighted by Gasteiger charge is -2.09. The normalized spacial score (nSPS) is 10.3. The number of rotatable bonds is 5. The van der Waals surface area contributed by atoms with Crippen LogP contribution in [-0.2, 0) is 9.53 Å². The highest BCUT2D eigenvalue weighted by Gasteiger charge is 2.06. The van der Waals surface area contributed by atoms with Gasteiger partial charge >= 0.3 is 5.97 Å². The van der Waals surface area contributed by atoms with Gasteiger partial charge in [-0.25, -0.2) is 4.98 Å². The summed E-state index contributed by atoms with van der Waals surface area (Å²) in [5.41, 5.74) is 9.86. The predicted molar refractivity (Wildman–Crippen MR) is 86.5 cm³/mol. The van der Waals surface area contributed by atoms with Gasteiger partial charge in [0, 0.05) is 18.6 Å². The number of ether oxygens (including phenoxy) is 1. The van der Waals surface area contributed by atoms with E-state index in [9.17, 15) is 4.79 Å². The van der Waals surface area contributed by atoms with Gasteiger partial charge < -0.3 is 15.8 Å². The summed E-state index contributed by atoms with van der Waals surface area (Å²) in [6.07, 6.45) is 0. The highest BCUT2D eigenvalue weighted by molar-refractivity contribution is 5.66. The number of esters is 1. The van der Waals surface area contributed by atoms with Gasteiger partial charge in [0.2, 0.25) is 5.95 Å². The topological polar surface area (TPSA) is 90.1 Å². The molecule has 0 bridgehead atoms. The summed E-state index contributed by atoms with van der Waals surface area (Å²) in [5, 5.41) is 3.07. The fourth-order valence-corrected chi connectivity index (χ4v) is 2.20. The maximum Gasteiger partial charge on any atom is 0.302 e. The monoisotopic (exact) mass is 300 g/mol. The molecule has 6 nitrogen and oxygen atoms in total. The molecular formula is C16H20N4O2. The van der Waals surface area contributed by atoms with E-state index in [1.807, 2.05) is 19.9 Å². The van der Waals surface area contributed by atoms with Gasteiger partial charge in [-0.15, -0.1) is 0 Å². The second-order valence-corrected chi connectivity index (χ2v) is 5.14. The van der Waals surface area contributed by atoms with Crippen LogP contribution in [0.2, 0.25) is 0 Å². The van der Waals surface area contributed by atoms with Crippen LogP contribution in [0.3, 0.4) is 0 Å². The fourth-order valence-electron chi connectivity index (χ4n) is 2.20. The third kappa shape index (κ3) is 4.44. The van der Waals surface area contributed by atoms with Crippen molar-refractivity contribution in [1.82, 2.24) is 9.97 Å². The Balaban J connectivity index is 2.17. The van der Waals surface area contributed by atoms with E-state index in [0.29, 0.717) is 12.4 Å². The standard InChI is InChI=1S/C16H20N4O2/c1-10-6-11(2)8-13(7-10)14-9-15(20-16(17)19-14)18-4-5-22-12(3)21/h6-9H,4-5H2,1-3H3,(H3,17,18,19,20).